The molecule has 0 bridgehead atoms. The lowest BCUT2D eigenvalue weighted by Crippen LogP contribution is -2.24. The molecule has 0 radical (unpaired) electrons. The second kappa shape index (κ2) is 8.39. The van der Waals surface area contributed by atoms with Gasteiger partial charge in [-0.25, -0.2) is 4.98 Å². The van der Waals surface area contributed by atoms with Crippen LogP contribution in [-0.4, -0.2) is 60.4 Å². The molecule has 0 unspecified atom stereocenters. The molecular weight excluding hydrogens is 380 g/mol. The fourth-order valence-corrected chi connectivity index (χ4v) is 2.84. The molecule has 0 aliphatic carbocycles. The zero-order chi connectivity index (χ0) is 21.3. The van der Waals surface area contributed by atoms with Gasteiger partial charge in [0.15, 0.2) is 17.0 Å². The summed E-state index contributed by atoms with van der Waals surface area (Å²) in [7, 11) is 0. The van der Waals surface area contributed by atoms with Crippen LogP contribution in [0.25, 0.3) is 11.2 Å². The number of anilines is 2. The van der Waals surface area contributed by atoms with Crippen molar-refractivity contribution in [2.75, 3.05) is 17.2 Å². The molecule has 1 aliphatic rings. The van der Waals surface area contributed by atoms with E-state index >= 15 is 0 Å². The van der Waals surface area contributed by atoms with Crippen molar-refractivity contribution in [2.24, 2.45) is 11.8 Å². The molecular formula is C18H26N6O5. The number of aliphatic hydroxyl groups excluding tert-OH is 2. The molecule has 29 heavy (non-hydrogen) atoms. The maximum Gasteiger partial charge on any atom is 0.233 e. The zero-order valence-electron chi connectivity index (χ0n) is 16.8. The number of nitrogens with zero attached hydrogens (tertiary/aromatic N) is 4. The molecule has 158 valence electrons. The Bertz CT molecular complexity index is 912. The van der Waals surface area contributed by atoms with E-state index in [-0.39, 0.29) is 48.4 Å². The molecule has 2 aromatic heterocycles. The van der Waals surface area contributed by atoms with E-state index in [2.05, 4.69) is 25.6 Å². The summed E-state index contributed by atoms with van der Waals surface area (Å²) in [4.78, 5) is 37.2. The smallest absolute Gasteiger partial charge is 0.233 e. The van der Waals surface area contributed by atoms with Gasteiger partial charge in [0.1, 0.15) is 12.3 Å². The third-order valence-electron chi connectivity index (χ3n) is 4.64. The first-order valence-electron chi connectivity index (χ1n) is 9.52. The third-order valence-corrected chi connectivity index (χ3v) is 4.64. The van der Waals surface area contributed by atoms with Crippen LogP contribution < -0.4 is 10.6 Å². The van der Waals surface area contributed by atoms with Crippen molar-refractivity contribution in [3.8, 4) is 0 Å². The van der Waals surface area contributed by atoms with Crippen LogP contribution >= 0.6 is 0 Å². The predicted octanol–water partition coefficient (Wildman–Crippen LogP) is 0.656. The molecule has 3 heterocycles. The molecule has 3 atom stereocenters. The molecule has 4 N–H and O–H groups in total. The summed E-state index contributed by atoms with van der Waals surface area (Å²) in [6, 6.07) is 0. The second-order valence-electron chi connectivity index (χ2n) is 7.62. The van der Waals surface area contributed by atoms with Gasteiger partial charge >= 0.3 is 0 Å². The number of imidazole rings is 1. The standard InChI is InChI=1S/C18H26N6O5/c1-8(2)16(27)20-14-13-15(22-18(21-14)23-17(28)9(3)4)24(7-19-13)12-5-10(26)11(6-25)29-12/h7-12,25-26H,5-6H2,1-4H3,(H2,20,21,22,23,27,28)/t10-,11+,12+/m0/s1. The molecule has 0 spiro atoms. The number of rotatable bonds is 6. The fraction of sp³-hybridized carbons (Fsp3) is 0.611. The molecule has 2 amide bonds. The Kier molecular flexibility index (Phi) is 6.10. The summed E-state index contributed by atoms with van der Waals surface area (Å²) in [5, 5.41) is 24.7. The van der Waals surface area contributed by atoms with Crippen LogP contribution in [0.15, 0.2) is 6.33 Å². The first kappa shape index (κ1) is 21.1. The number of aromatic nitrogens is 4. The average Bonchev–Trinajstić information content (AvgIpc) is 3.24. The Morgan fingerprint density at radius 2 is 1.86 bits per heavy atom. The van der Waals surface area contributed by atoms with Crippen molar-refractivity contribution >= 4 is 34.7 Å². The van der Waals surface area contributed by atoms with E-state index in [0.717, 1.165) is 0 Å². The van der Waals surface area contributed by atoms with Crippen LogP contribution in [0.4, 0.5) is 11.8 Å². The fourth-order valence-electron chi connectivity index (χ4n) is 2.84. The minimum atomic E-state index is -0.829. The van der Waals surface area contributed by atoms with Crippen LogP contribution in [0.2, 0.25) is 0 Å². The highest BCUT2D eigenvalue weighted by molar-refractivity contribution is 5.99. The van der Waals surface area contributed by atoms with Crippen LogP contribution in [0.1, 0.15) is 40.3 Å². The van der Waals surface area contributed by atoms with Crippen LogP contribution in [0.5, 0.6) is 0 Å². The minimum Gasteiger partial charge on any atom is -0.394 e. The van der Waals surface area contributed by atoms with Gasteiger partial charge in [-0.2, -0.15) is 9.97 Å². The van der Waals surface area contributed by atoms with E-state index in [1.165, 1.54) is 6.33 Å². The first-order valence-corrected chi connectivity index (χ1v) is 9.52. The predicted molar refractivity (Wildman–Crippen MR) is 104 cm³/mol. The summed E-state index contributed by atoms with van der Waals surface area (Å²) in [5.41, 5.74) is 0.654. The number of nitrogens with one attached hydrogen (secondary N) is 2. The molecule has 1 aliphatic heterocycles. The van der Waals surface area contributed by atoms with Gasteiger partial charge in [0.2, 0.25) is 17.8 Å². The number of hydrogen-bond donors (Lipinski definition) is 4. The number of ether oxygens (including phenoxy) is 1. The van der Waals surface area contributed by atoms with E-state index < -0.39 is 18.4 Å². The Hall–Kier alpha value is -2.63. The average molecular weight is 406 g/mol. The quantitative estimate of drug-likeness (QED) is 0.546. The van der Waals surface area contributed by atoms with Gasteiger partial charge in [-0.05, 0) is 0 Å². The van der Waals surface area contributed by atoms with Crippen LogP contribution in [-0.2, 0) is 14.3 Å². The Balaban J connectivity index is 2.03. The monoisotopic (exact) mass is 406 g/mol. The number of aliphatic hydroxyl groups is 2. The summed E-state index contributed by atoms with van der Waals surface area (Å²) in [5.74, 6) is -0.906. The second-order valence-corrected chi connectivity index (χ2v) is 7.62. The minimum absolute atomic E-state index is 0.0225. The Labute approximate surface area is 167 Å². The van der Waals surface area contributed by atoms with E-state index in [4.69, 9.17) is 4.74 Å². The Morgan fingerprint density at radius 1 is 1.21 bits per heavy atom. The summed E-state index contributed by atoms with van der Waals surface area (Å²) >= 11 is 0. The lowest BCUT2D eigenvalue weighted by molar-refractivity contribution is -0.119. The van der Waals surface area contributed by atoms with Crippen molar-refractivity contribution in [1.82, 2.24) is 19.5 Å². The van der Waals surface area contributed by atoms with Gasteiger partial charge in [0.25, 0.3) is 0 Å². The van der Waals surface area contributed by atoms with Gasteiger partial charge < -0.3 is 20.3 Å². The number of carbonyl (C=O) groups is 2. The molecule has 1 fully saturated rings. The molecule has 11 nitrogen and oxygen atoms in total. The van der Waals surface area contributed by atoms with Crippen molar-refractivity contribution < 1.29 is 24.5 Å². The first-order chi connectivity index (χ1) is 13.7. The topological polar surface area (TPSA) is 151 Å². The number of hydrogen-bond acceptors (Lipinski definition) is 8. The van der Waals surface area contributed by atoms with Crippen molar-refractivity contribution in [2.45, 2.75) is 52.6 Å². The Morgan fingerprint density at radius 3 is 2.45 bits per heavy atom. The molecule has 0 saturated carbocycles. The van der Waals surface area contributed by atoms with E-state index in [1.54, 1.807) is 32.3 Å². The highest BCUT2D eigenvalue weighted by Gasteiger charge is 2.35. The molecule has 0 aromatic carbocycles. The number of fused-ring (bicyclic) bond motifs is 1. The van der Waals surface area contributed by atoms with Crippen LogP contribution in [0, 0.1) is 11.8 Å². The van der Waals surface area contributed by atoms with Gasteiger partial charge in [-0.15, -0.1) is 0 Å². The molecule has 3 rings (SSSR count). The zero-order valence-corrected chi connectivity index (χ0v) is 16.8. The van der Waals surface area contributed by atoms with Crippen molar-refractivity contribution in [3.05, 3.63) is 6.33 Å². The molecule has 11 heteroatoms. The van der Waals surface area contributed by atoms with Gasteiger partial charge in [0, 0.05) is 18.3 Å². The maximum atomic E-state index is 12.2. The number of carbonyl (C=O) groups excluding carboxylic acids is 2. The lowest BCUT2D eigenvalue weighted by atomic mass is 10.2. The maximum absolute atomic E-state index is 12.2. The SMILES string of the molecule is CC(C)C(=O)Nc1nc(NC(=O)C(C)C)c2ncn([C@H]3C[C@H](O)[C@@H](CO)O3)c2n1. The highest BCUT2D eigenvalue weighted by atomic mass is 16.5. The van der Waals surface area contributed by atoms with Gasteiger partial charge in [-0.3, -0.25) is 19.5 Å². The molecule has 1 saturated heterocycles. The van der Waals surface area contributed by atoms with Gasteiger partial charge in [0.05, 0.1) is 19.0 Å². The number of amides is 2. The van der Waals surface area contributed by atoms with Crippen LogP contribution in [0.3, 0.4) is 0 Å². The van der Waals surface area contributed by atoms with E-state index in [1.807, 2.05) is 0 Å². The van der Waals surface area contributed by atoms with Crippen molar-refractivity contribution in [1.29, 1.82) is 0 Å². The summed E-state index contributed by atoms with van der Waals surface area (Å²) in [6.07, 6.45) is -0.439. The largest absolute Gasteiger partial charge is 0.394 e. The van der Waals surface area contributed by atoms with Crippen molar-refractivity contribution in [3.63, 3.8) is 0 Å². The summed E-state index contributed by atoms with van der Waals surface area (Å²) < 4.78 is 7.27. The van der Waals surface area contributed by atoms with E-state index in [0.29, 0.717) is 11.2 Å². The van der Waals surface area contributed by atoms with E-state index in [9.17, 15) is 19.8 Å². The summed E-state index contributed by atoms with van der Waals surface area (Å²) in [6.45, 7) is 6.66. The highest BCUT2D eigenvalue weighted by Crippen LogP contribution is 2.32. The lowest BCUT2D eigenvalue weighted by Gasteiger charge is -2.15. The third kappa shape index (κ3) is 4.36. The molecule has 2 aromatic rings. The normalized spacial score (nSPS) is 21.9. The van der Waals surface area contributed by atoms with Gasteiger partial charge in [-0.1, -0.05) is 27.7 Å².